The zero-order valence-corrected chi connectivity index (χ0v) is 14.0. The van der Waals surface area contributed by atoms with Gasteiger partial charge in [-0.3, -0.25) is 0 Å². The summed E-state index contributed by atoms with van der Waals surface area (Å²) in [5.41, 5.74) is 0.718. The highest BCUT2D eigenvalue weighted by atomic mass is 19.4. The molecule has 26 heavy (non-hydrogen) atoms. The smallest absolute Gasteiger partial charge is 0.489 e. The van der Waals surface area contributed by atoms with Crippen LogP contribution in [0.3, 0.4) is 0 Å². The van der Waals surface area contributed by atoms with Crippen molar-refractivity contribution in [2.75, 3.05) is 19.7 Å². The number of nitrogens with one attached hydrogen (secondary N) is 1. The van der Waals surface area contributed by atoms with Gasteiger partial charge in [0.05, 0.1) is 6.61 Å². The number of hydrogen-bond donors (Lipinski definition) is 1. The molecule has 1 N–H and O–H groups in total. The average Bonchev–Trinajstić information content (AvgIpc) is 2.61. The predicted molar refractivity (Wildman–Crippen MR) is 89.6 cm³/mol. The zero-order chi connectivity index (χ0) is 18.6. The number of piperidine rings is 1. The fourth-order valence-electron chi connectivity index (χ4n) is 2.95. The van der Waals surface area contributed by atoms with Crippen LogP contribution >= 0.6 is 0 Å². The lowest BCUT2D eigenvalue weighted by Gasteiger charge is -2.23. The third kappa shape index (κ3) is 4.88. The molecule has 2 aromatic rings. The van der Waals surface area contributed by atoms with Gasteiger partial charge in [0, 0.05) is 5.56 Å². The van der Waals surface area contributed by atoms with Gasteiger partial charge in [-0.2, -0.15) is 0 Å². The number of rotatable bonds is 5. The summed E-state index contributed by atoms with van der Waals surface area (Å²) in [6.07, 6.45) is -3.04. The van der Waals surface area contributed by atoms with Crippen LogP contribution < -0.4 is 14.8 Å². The van der Waals surface area contributed by atoms with Crippen molar-refractivity contribution in [3.63, 3.8) is 0 Å². The summed E-state index contributed by atoms with van der Waals surface area (Å²) in [7, 11) is 0. The summed E-state index contributed by atoms with van der Waals surface area (Å²) >= 11 is 0. The lowest BCUT2D eigenvalue weighted by atomic mass is 9.99. The molecule has 2 aromatic carbocycles. The summed E-state index contributed by atoms with van der Waals surface area (Å²) in [6, 6.07) is 10.0. The quantitative estimate of drug-likeness (QED) is 0.770. The van der Waals surface area contributed by atoms with Crippen LogP contribution in [0.25, 0.3) is 11.1 Å². The van der Waals surface area contributed by atoms with Gasteiger partial charge >= 0.3 is 6.36 Å². The van der Waals surface area contributed by atoms with E-state index in [4.69, 9.17) is 4.74 Å². The van der Waals surface area contributed by atoms with E-state index in [9.17, 15) is 17.6 Å². The van der Waals surface area contributed by atoms with E-state index in [1.807, 2.05) is 0 Å². The third-order valence-electron chi connectivity index (χ3n) is 4.29. The van der Waals surface area contributed by atoms with Gasteiger partial charge in [0.15, 0.2) is 11.5 Å². The maximum Gasteiger partial charge on any atom is 0.573 e. The lowest BCUT2D eigenvalue weighted by Crippen LogP contribution is -2.30. The van der Waals surface area contributed by atoms with Crippen molar-refractivity contribution in [2.45, 2.75) is 19.2 Å². The number of ether oxygens (including phenoxy) is 2. The Morgan fingerprint density at radius 3 is 2.42 bits per heavy atom. The summed E-state index contributed by atoms with van der Waals surface area (Å²) in [5, 5.41) is 3.22. The minimum atomic E-state index is -4.83. The van der Waals surface area contributed by atoms with E-state index in [-0.39, 0.29) is 23.8 Å². The van der Waals surface area contributed by atoms with Crippen LogP contribution in [0.5, 0.6) is 11.5 Å². The number of halogens is 4. The summed E-state index contributed by atoms with van der Waals surface area (Å²) in [5.74, 6) is -0.665. The molecule has 0 atom stereocenters. The number of benzene rings is 2. The molecule has 1 aliphatic heterocycles. The van der Waals surface area contributed by atoms with Crippen LogP contribution in [0.15, 0.2) is 42.5 Å². The van der Waals surface area contributed by atoms with Crippen LogP contribution in [0, 0.1) is 11.7 Å². The fraction of sp³-hybridized carbons (Fsp3) is 0.368. The Balaban J connectivity index is 1.86. The molecule has 0 radical (unpaired) electrons. The van der Waals surface area contributed by atoms with Crippen molar-refractivity contribution in [3.8, 4) is 22.6 Å². The van der Waals surface area contributed by atoms with Crippen molar-refractivity contribution >= 4 is 0 Å². The first-order valence-corrected chi connectivity index (χ1v) is 8.40. The van der Waals surface area contributed by atoms with E-state index < -0.39 is 17.9 Å². The van der Waals surface area contributed by atoms with Gasteiger partial charge in [0.1, 0.15) is 5.82 Å². The molecule has 0 aromatic heterocycles. The second kappa shape index (κ2) is 7.95. The maximum absolute atomic E-state index is 14.0. The van der Waals surface area contributed by atoms with Gasteiger partial charge < -0.3 is 14.8 Å². The van der Waals surface area contributed by atoms with Crippen LogP contribution in [0.1, 0.15) is 12.8 Å². The molecule has 1 heterocycles. The van der Waals surface area contributed by atoms with Crippen LogP contribution in [-0.4, -0.2) is 26.1 Å². The lowest BCUT2D eigenvalue weighted by molar-refractivity contribution is -0.275. The van der Waals surface area contributed by atoms with Crippen LogP contribution in [-0.2, 0) is 0 Å². The van der Waals surface area contributed by atoms with E-state index in [2.05, 4.69) is 10.1 Å². The molecule has 3 nitrogen and oxygen atoms in total. The molecule has 0 bridgehead atoms. The van der Waals surface area contributed by atoms with E-state index in [1.54, 1.807) is 18.2 Å². The Bertz CT molecular complexity index is 743. The molecule has 1 aliphatic rings. The summed E-state index contributed by atoms with van der Waals surface area (Å²) < 4.78 is 61.7. The average molecular weight is 369 g/mol. The standard InChI is InChI=1S/C19H19F4NO2/c20-16-4-2-1-3-15(16)14-5-6-17(26-19(21,22)23)18(11-14)25-12-13-7-9-24-10-8-13/h1-6,11,13,24H,7-10,12H2. The van der Waals surface area contributed by atoms with Crippen molar-refractivity contribution in [2.24, 2.45) is 5.92 Å². The third-order valence-corrected chi connectivity index (χ3v) is 4.29. The largest absolute Gasteiger partial charge is 0.573 e. The molecular weight excluding hydrogens is 350 g/mol. The van der Waals surface area contributed by atoms with Crippen molar-refractivity contribution in [3.05, 3.63) is 48.3 Å². The Morgan fingerprint density at radius 1 is 1.00 bits per heavy atom. The monoisotopic (exact) mass is 369 g/mol. The van der Waals surface area contributed by atoms with Gasteiger partial charge in [-0.15, -0.1) is 13.2 Å². The second-order valence-corrected chi connectivity index (χ2v) is 6.19. The summed E-state index contributed by atoms with van der Waals surface area (Å²) in [4.78, 5) is 0. The SMILES string of the molecule is Fc1ccccc1-c1ccc(OC(F)(F)F)c(OCC2CCNCC2)c1. The Kier molecular flexibility index (Phi) is 5.66. The van der Waals surface area contributed by atoms with E-state index in [1.165, 1.54) is 18.2 Å². The molecule has 0 spiro atoms. The van der Waals surface area contributed by atoms with Gasteiger partial charge in [-0.1, -0.05) is 24.3 Å². The zero-order valence-electron chi connectivity index (χ0n) is 14.0. The topological polar surface area (TPSA) is 30.5 Å². The van der Waals surface area contributed by atoms with Crippen LogP contribution in [0.4, 0.5) is 17.6 Å². The fourth-order valence-corrected chi connectivity index (χ4v) is 2.95. The van der Waals surface area contributed by atoms with E-state index in [0.717, 1.165) is 32.0 Å². The normalized spacial score (nSPS) is 15.7. The highest BCUT2D eigenvalue weighted by Gasteiger charge is 2.32. The Morgan fingerprint density at radius 2 is 1.73 bits per heavy atom. The summed E-state index contributed by atoms with van der Waals surface area (Å²) in [6.45, 7) is 2.00. The molecule has 0 aliphatic carbocycles. The van der Waals surface area contributed by atoms with E-state index >= 15 is 0 Å². The minimum Gasteiger partial charge on any atom is -0.489 e. The first-order valence-electron chi connectivity index (χ1n) is 8.40. The molecule has 0 unspecified atom stereocenters. The van der Waals surface area contributed by atoms with Crippen LogP contribution in [0.2, 0.25) is 0 Å². The van der Waals surface area contributed by atoms with Gasteiger partial charge in [0.25, 0.3) is 0 Å². The molecule has 7 heteroatoms. The first kappa shape index (κ1) is 18.5. The molecule has 3 rings (SSSR count). The number of alkyl halides is 3. The molecule has 1 saturated heterocycles. The first-order chi connectivity index (χ1) is 12.4. The molecule has 1 fully saturated rings. The van der Waals surface area contributed by atoms with Gasteiger partial charge in [0.2, 0.25) is 0 Å². The van der Waals surface area contributed by atoms with Crippen molar-refractivity contribution in [1.29, 1.82) is 0 Å². The van der Waals surface area contributed by atoms with Crippen molar-refractivity contribution in [1.82, 2.24) is 5.32 Å². The molecule has 0 amide bonds. The maximum atomic E-state index is 14.0. The van der Waals surface area contributed by atoms with E-state index in [0.29, 0.717) is 5.56 Å². The number of hydrogen-bond acceptors (Lipinski definition) is 3. The second-order valence-electron chi connectivity index (χ2n) is 6.19. The Labute approximate surface area is 148 Å². The van der Waals surface area contributed by atoms with Gasteiger partial charge in [-0.05, 0) is 55.6 Å². The molecule has 140 valence electrons. The minimum absolute atomic E-state index is 0.0402. The Hall–Kier alpha value is -2.28. The predicted octanol–water partition coefficient (Wildman–Crippen LogP) is 4.77. The highest BCUT2D eigenvalue weighted by Crippen LogP contribution is 2.37. The van der Waals surface area contributed by atoms with Gasteiger partial charge in [-0.25, -0.2) is 4.39 Å². The van der Waals surface area contributed by atoms with Crippen molar-refractivity contribution < 1.29 is 27.0 Å². The highest BCUT2D eigenvalue weighted by molar-refractivity contribution is 5.67. The molecule has 0 saturated carbocycles. The molecular formula is C19H19F4NO2.